The van der Waals surface area contributed by atoms with Crippen molar-refractivity contribution in [2.45, 2.75) is 13.8 Å². The molecule has 0 atom stereocenters. The minimum absolute atomic E-state index is 0.155. The van der Waals surface area contributed by atoms with Gasteiger partial charge in [0.2, 0.25) is 0 Å². The molecule has 9 heteroatoms. The van der Waals surface area contributed by atoms with Gasteiger partial charge < -0.3 is 14.8 Å². The van der Waals surface area contributed by atoms with Crippen molar-refractivity contribution in [1.29, 1.82) is 0 Å². The van der Waals surface area contributed by atoms with Gasteiger partial charge in [0.1, 0.15) is 10.8 Å². The van der Waals surface area contributed by atoms with Gasteiger partial charge in [-0.05, 0) is 50.2 Å². The molecule has 0 aliphatic rings. The van der Waals surface area contributed by atoms with E-state index >= 15 is 0 Å². The highest BCUT2D eigenvalue weighted by atomic mass is 32.1. The summed E-state index contributed by atoms with van der Waals surface area (Å²) in [6, 6.07) is 17.0. The molecule has 0 spiro atoms. The molecule has 0 unspecified atom stereocenters. The molecule has 4 aromatic rings. The lowest BCUT2D eigenvalue weighted by atomic mass is 10.2. The van der Waals surface area contributed by atoms with E-state index in [9.17, 15) is 9.59 Å². The van der Waals surface area contributed by atoms with Crippen molar-refractivity contribution in [2.75, 3.05) is 19.0 Å². The van der Waals surface area contributed by atoms with Crippen LogP contribution in [-0.4, -0.2) is 40.4 Å². The number of esters is 1. The average Bonchev–Trinajstić information content (AvgIpc) is 3.44. The molecule has 2 heterocycles. The SMILES string of the molecule is COc1ccc(-c2nc(C(=O)OCC(=O)Nc3c(C)nn(-c4ccccc4)c3C)cs2)cc1. The zero-order valence-corrected chi connectivity index (χ0v) is 19.2. The number of anilines is 1. The number of hydrogen-bond donors (Lipinski definition) is 1. The van der Waals surface area contributed by atoms with Crippen molar-refractivity contribution >= 4 is 28.9 Å². The van der Waals surface area contributed by atoms with Crippen molar-refractivity contribution in [2.24, 2.45) is 0 Å². The Kier molecular flexibility index (Phi) is 6.50. The molecule has 0 fully saturated rings. The summed E-state index contributed by atoms with van der Waals surface area (Å²) in [7, 11) is 1.60. The lowest BCUT2D eigenvalue weighted by Crippen LogP contribution is -2.21. The molecule has 0 saturated heterocycles. The lowest BCUT2D eigenvalue weighted by molar-refractivity contribution is -0.119. The molecule has 0 radical (unpaired) electrons. The van der Waals surface area contributed by atoms with Gasteiger partial charge in [0.15, 0.2) is 12.3 Å². The van der Waals surface area contributed by atoms with Crippen LogP contribution in [0.1, 0.15) is 21.9 Å². The van der Waals surface area contributed by atoms with Gasteiger partial charge in [-0.2, -0.15) is 5.10 Å². The fourth-order valence-corrected chi connectivity index (χ4v) is 4.05. The van der Waals surface area contributed by atoms with E-state index in [-0.39, 0.29) is 5.69 Å². The van der Waals surface area contributed by atoms with Crippen molar-refractivity contribution in [1.82, 2.24) is 14.8 Å². The molecule has 33 heavy (non-hydrogen) atoms. The normalized spacial score (nSPS) is 10.6. The molecule has 168 valence electrons. The third-order valence-corrected chi connectivity index (χ3v) is 5.83. The zero-order valence-electron chi connectivity index (χ0n) is 18.4. The smallest absolute Gasteiger partial charge is 0.358 e. The first-order valence-corrected chi connectivity index (χ1v) is 11.0. The number of amides is 1. The molecular formula is C24H22N4O4S. The number of aryl methyl sites for hydroxylation is 1. The van der Waals surface area contributed by atoms with Crippen LogP contribution in [0.2, 0.25) is 0 Å². The van der Waals surface area contributed by atoms with Crippen LogP contribution in [0.4, 0.5) is 5.69 Å². The maximum absolute atomic E-state index is 12.4. The highest BCUT2D eigenvalue weighted by Gasteiger charge is 2.18. The van der Waals surface area contributed by atoms with Crippen molar-refractivity contribution < 1.29 is 19.1 Å². The first-order valence-electron chi connectivity index (χ1n) is 10.1. The van der Waals surface area contributed by atoms with E-state index < -0.39 is 18.5 Å². The Labute approximate surface area is 194 Å². The number of carbonyl (C=O) groups is 2. The summed E-state index contributed by atoms with van der Waals surface area (Å²) in [4.78, 5) is 29.1. The van der Waals surface area contributed by atoms with E-state index in [1.54, 1.807) is 17.2 Å². The lowest BCUT2D eigenvalue weighted by Gasteiger charge is -2.07. The van der Waals surface area contributed by atoms with Crippen molar-refractivity contribution in [3.05, 3.63) is 77.1 Å². The summed E-state index contributed by atoms with van der Waals surface area (Å²) in [5, 5.41) is 9.57. The minimum atomic E-state index is -0.658. The van der Waals surface area contributed by atoms with Gasteiger partial charge in [-0.15, -0.1) is 11.3 Å². The Morgan fingerprint density at radius 2 is 1.79 bits per heavy atom. The number of hydrogen-bond acceptors (Lipinski definition) is 7. The standard InChI is InChI=1S/C24H22N4O4S/c1-15-22(16(2)28(27-15)18-7-5-4-6-8-18)26-21(29)13-32-24(30)20-14-33-23(25-20)17-9-11-19(31-3)12-10-17/h4-12,14H,13H2,1-3H3,(H,26,29). The predicted octanol–water partition coefficient (Wildman–Crippen LogP) is 4.42. The van der Waals surface area contributed by atoms with Gasteiger partial charge in [0.05, 0.1) is 29.9 Å². The number of para-hydroxylation sites is 1. The van der Waals surface area contributed by atoms with Crippen LogP contribution in [0.15, 0.2) is 60.0 Å². The van der Waals surface area contributed by atoms with Crippen LogP contribution >= 0.6 is 11.3 Å². The molecule has 4 rings (SSSR count). The van der Waals surface area contributed by atoms with E-state index in [4.69, 9.17) is 9.47 Å². The quantitative estimate of drug-likeness (QED) is 0.409. The van der Waals surface area contributed by atoms with Crippen molar-refractivity contribution in [3.63, 3.8) is 0 Å². The third kappa shape index (κ3) is 4.93. The number of ether oxygens (including phenoxy) is 2. The molecule has 0 aliphatic carbocycles. The second-order valence-corrected chi connectivity index (χ2v) is 8.04. The summed E-state index contributed by atoms with van der Waals surface area (Å²) in [6.45, 7) is 3.25. The van der Waals surface area contributed by atoms with Gasteiger partial charge in [-0.25, -0.2) is 14.5 Å². The average molecular weight is 463 g/mol. The highest BCUT2D eigenvalue weighted by Crippen LogP contribution is 2.26. The summed E-state index contributed by atoms with van der Waals surface area (Å²) in [5.74, 6) is -0.372. The molecule has 1 amide bonds. The Morgan fingerprint density at radius 1 is 1.06 bits per heavy atom. The second kappa shape index (κ2) is 9.66. The van der Waals surface area contributed by atoms with Crippen LogP contribution in [0.5, 0.6) is 5.75 Å². The van der Waals surface area contributed by atoms with E-state index in [0.717, 1.165) is 22.7 Å². The highest BCUT2D eigenvalue weighted by molar-refractivity contribution is 7.13. The van der Waals surface area contributed by atoms with Gasteiger partial charge in [0, 0.05) is 10.9 Å². The van der Waals surface area contributed by atoms with E-state index in [1.807, 2.05) is 68.4 Å². The molecule has 2 aromatic heterocycles. The monoisotopic (exact) mass is 462 g/mol. The first-order chi connectivity index (χ1) is 16.0. The Morgan fingerprint density at radius 3 is 2.48 bits per heavy atom. The number of carbonyl (C=O) groups excluding carboxylic acids is 2. The Bertz CT molecular complexity index is 1280. The predicted molar refractivity (Wildman–Crippen MR) is 126 cm³/mol. The Balaban J connectivity index is 1.37. The van der Waals surface area contributed by atoms with Gasteiger partial charge in [0.25, 0.3) is 5.91 Å². The van der Waals surface area contributed by atoms with Crippen LogP contribution in [0, 0.1) is 13.8 Å². The zero-order chi connectivity index (χ0) is 23.4. The summed E-state index contributed by atoms with van der Waals surface area (Å²) >= 11 is 1.32. The van der Waals surface area contributed by atoms with Crippen LogP contribution in [-0.2, 0) is 9.53 Å². The third-order valence-electron chi connectivity index (χ3n) is 4.94. The number of rotatable bonds is 7. The number of methoxy groups -OCH3 is 1. The van der Waals surface area contributed by atoms with Crippen molar-refractivity contribution in [3.8, 4) is 22.0 Å². The van der Waals surface area contributed by atoms with E-state index in [2.05, 4.69) is 15.4 Å². The summed E-state index contributed by atoms with van der Waals surface area (Å²) in [5.41, 5.74) is 3.94. The maximum atomic E-state index is 12.4. The number of aromatic nitrogens is 3. The second-order valence-electron chi connectivity index (χ2n) is 7.18. The van der Waals surface area contributed by atoms with Gasteiger partial charge >= 0.3 is 5.97 Å². The number of thiazole rings is 1. The fraction of sp³-hybridized carbons (Fsp3) is 0.167. The molecule has 1 N–H and O–H groups in total. The Hall–Kier alpha value is -3.98. The first kappa shape index (κ1) is 22.2. The number of nitrogens with one attached hydrogen (secondary N) is 1. The summed E-state index contributed by atoms with van der Waals surface area (Å²) in [6.07, 6.45) is 0. The summed E-state index contributed by atoms with van der Waals surface area (Å²) < 4.78 is 12.1. The van der Waals surface area contributed by atoms with Gasteiger partial charge in [-0.3, -0.25) is 4.79 Å². The largest absolute Gasteiger partial charge is 0.497 e. The molecule has 0 bridgehead atoms. The molecular weight excluding hydrogens is 440 g/mol. The minimum Gasteiger partial charge on any atom is -0.497 e. The number of nitrogens with zero attached hydrogens (tertiary/aromatic N) is 3. The molecule has 0 aliphatic heterocycles. The topological polar surface area (TPSA) is 95.3 Å². The molecule has 0 saturated carbocycles. The van der Waals surface area contributed by atoms with Crippen LogP contribution in [0.3, 0.4) is 0 Å². The van der Waals surface area contributed by atoms with Crippen LogP contribution < -0.4 is 10.1 Å². The van der Waals surface area contributed by atoms with E-state index in [1.165, 1.54) is 11.3 Å². The number of benzene rings is 2. The molecule has 2 aromatic carbocycles. The maximum Gasteiger partial charge on any atom is 0.358 e. The van der Waals surface area contributed by atoms with E-state index in [0.29, 0.717) is 16.4 Å². The molecule has 8 nitrogen and oxygen atoms in total. The fourth-order valence-electron chi connectivity index (χ4n) is 3.26. The van der Waals surface area contributed by atoms with Crippen LogP contribution in [0.25, 0.3) is 16.3 Å². The van der Waals surface area contributed by atoms with Gasteiger partial charge in [-0.1, -0.05) is 18.2 Å².